The molecule has 4 amide bonds. The zero-order valence-electron chi connectivity index (χ0n) is 15.7. The molecule has 0 radical (unpaired) electrons. The predicted molar refractivity (Wildman–Crippen MR) is 101 cm³/mol. The second-order valence-electron chi connectivity index (χ2n) is 6.84. The molecule has 142 valence electrons. The van der Waals surface area contributed by atoms with Crippen LogP contribution in [0.3, 0.4) is 0 Å². The monoisotopic (exact) mass is 359 g/mol. The maximum Gasteiger partial charge on any atom is 0.325 e. The first-order chi connectivity index (χ1) is 12.5. The Labute approximate surface area is 155 Å². The lowest BCUT2D eigenvalue weighted by Gasteiger charge is -2.25. The van der Waals surface area contributed by atoms with Crippen molar-refractivity contribution in [3.05, 3.63) is 35.9 Å². The van der Waals surface area contributed by atoms with Gasteiger partial charge in [0.25, 0.3) is 5.91 Å². The number of rotatable bonds is 10. The van der Waals surface area contributed by atoms with E-state index in [1.54, 1.807) is 0 Å². The minimum absolute atomic E-state index is 0.217. The van der Waals surface area contributed by atoms with Crippen molar-refractivity contribution in [2.24, 2.45) is 0 Å². The summed E-state index contributed by atoms with van der Waals surface area (Å²) in [5, 5.41) is 5.62. The van der Waals surface area contributed by atoms with Crippen LogP contribution in [0.4, 0.5) is 4.79 Å². The maximum absolute atomic E-state index is 12.7. The Bertz CT molecular complexity index is 624. The van der Waals surface area contributed by atoms with Gasteiger partial charge in [-0.25, -0.2) is 4.79 Å². The van der Waals surface area contributed by atoms with Gasteiger partial charge in [0.2, 0.25) is 5.91 Å². The number of carbonyl (C=O) groups is 3. The number of urea groups is 1. The van der Waals surface area contributed by atoms with Crippen LogP contribution in [-0.4, -0.2) is 41.4 Å². The maximum atomic E-state index is 12.7. The molecule has 0 unspecified atom stereocenters. The zero-order chi connectivity index (χ0) is 19.0. The Balaban J connectivity index is 1.82. The smallest absolute Gasteiger partial charge is 0.325 e. The summed E-state index contributed by atoms with van der Waals surface area (Å²) in [4.78, 5) is 38.1. The third-order valence-electron chi connectivity index (χ3n) is 4.71. The molecule has 1 aromatic rings. The Morgan fingerprint density at radius 1 is 1.12 bits per heavy atom. The van der Waals surface area contributed by atoms with Crippen molar-refractivity contribution in [3.63, 3.8) is 0 Å². The average Bonchev–Trinajstić information content (AvgIpc) is 2.85. The SMILES string of the molecule is CCCC1(CCC)NC(=O)N(CC(=O)NCCCc2ccccc2)C1=O. The van der Waals surface area contributed by atoms with Crippen LogP contribution in [0.5, 0.6) is 0 Å². The fourth-order valence-electron chi connectivity index (χ4n) is 3.50. The molecule has 26 heavy (non-hydrogen) atoms. The number of carbonyl (C=O) groups excluding carboxylic acids is 3. The van der Waals surface area contributed by atoms with Crippen LogP contribution in [0.25, 0.3) is 0 Å². The molecule has 1 aliphatic rings. The minimum Gasteiger partial charge on any atom is -0.355 e. The van der Waals surface area contributed by atoms with Crippen LogP contribution in [0.15, 0.2) is 30.3 Å². The fourth-order valence-corrected chi connectivity index (χ4v) is 3.50. The molecule has 0 aliphatic carbocycles. The molecule has 1 aromatic carbocycles. The van der Waals surface area contributed by atoms with Gasteiger partial charge in [-0.05, 0) is 31.2 Å². The molecule has 2 rings (SSSR count). The lowest BCUT2D eigenvalue weighted by molar-refractivity contribution is -0.135. The van der Waals surface area contributed by atoms with E-state index < -0.39 is 11.6 Å². The Morgan fingerprint density at radius 2 is 1.77 bits per heavy atom. The molecule has 6 heteroatoms. The second kappa shape index (κ2) is 9.36. The molecule has 0 bridgehead atoms. The molecule has 1 saturated heterocycles. The van der Waals surface area contributed by atoms with Crippen molar-refractivity contribution >= 4 is 17.8 Å². The molecule has 6 nitrogen and oxygen atoms in total. The van der Waals surface area contributed by atoms with Crippen molar-refractivity contribution < 1.29 is 14.4 Å². The number of hydrogen-bond donors (Lipinski definition) is 2. The zero-order valence-corrected chi connectivity index (χ0v) is 15.7. The van der Waals surface area contributed by atoms with Crippen LogP contribution < -0.4 is 10.6 Å². The van der Waals surface area contributed by atoms with Crippen molar-refractivity contribution in [2.75, 3.05) is 13.1 Å². The summed E-state index contributed by atoms with van der Waals surface area (Å²) in [6.07, 6.45) is 4.48. The first-order valence-electron chi connectivity index (χ1n) is 9.47. The van der Waals surface area contributed by atoms with Crippen molar-refractivity contribution in [1.82, 2.24) is 15.5 Å². The first-order valence-corrected chi connectivity index (χ1v) is 9.47. The van der Waals surface area contributed by atoms with Crippen molar-refractivity contribution in [2.45, 2.75) is 57.9 Å². The fraction of sp³-hybridized carbons (Fsp3) is 0.550. The van der Waals surface area contributed by atoms with Gasteiger partial charge in [0, 0.05) is 6.54 Å². The van der Waals surface area contributed by atoms with E-state index in [0.717, 1.165) is 30.6 Å². The van der Waals surface area contributed by atoms with E-state index >= 15 is 0 Å². The number of hydrogen-bond acceptors (Lipinski definition) is 3. The molecule has 0 saturated carbocycles. The molecule has 2 N–H and O–H groups in total. The van der Waals surface area contributed by atoms with Crippen LogP contribution in [0.2, 0.25) is 0 Å². The summed E-state index contributed by atoms with van der Waals surface area (Å²) in [5.74, 6) is -0.573. The van der Waals surface area contributed by atoms with E-state index in [1.165, 1.54) is 5.56 Å². The first kappa shape index (κ1) is 19.9. The molecular formula is C20H29N3O3. The molecule has 1 fully saturated rings. The number of amides is 4. The minimum atomic E-state index is -0.839. The van der Waals surface area contributed by atoms with Gasteiger partial charge in [-0.15, -0.1) is 0 Å². The lowest BCUT2D eigenvalue weighted by atomic mass is 9.88. The van der Waals surface area contributed by atoms with E-state index in [0.29, 0.717) is 19.4 Å². The van der Waals surface area contributed by atoms with Crippen LogP contribution in [0, 0.1) is 0 Å². The lowest BCUT2D eigenvalue weighted by Crippen LogP contribution is -2.47. The van der Waals surface area contributed by atoms with E-state index in [9.17, 15) is 14.4 Å². The highest BCUT2D eigenvalue weighted by Gasteiger charge is 2.50. The van der Waals surface area contributed by atoms with Gasteiger partial charge < -0.3 is 10.6 Å². The number of nitrogens with zero attached hydrogens (tertiary/aromatic N) is 1. The van der Waals surface area contributed by atoms with Crippen LogP contribution in [0.1, 0.15) is 51.5 Å². The topological polar surface area (TPSA) is 78.5 Å². The molecule has 0 aromatic heterocycles. The summed E-state index contributed by atoms with van der Waals surface area (Å²) >= 11 is 0. The van der Waals surface area contributed by atoms with E-state index in [4.69, 9.17) is 0 Å². The number of nitrogens with one attached hydrogen (secondary N) is 2. The Morgan fingerprint density at radius 3 is 2.38 bits per heavy atom. The average molecular weight is 359 g/mol. The van der Waals surface area contributed by atoms with E-state index in [1.807, 2.05) is 32.0 Å². The van der Waals surface area contributed by atoms with Crippen molar-refractivity contribution in [3.8, 4) is 0 Å². The second-order valence-corrected chi connectivity index (χ2v) is 6.84. The highest BCUT2D eigenvalue weighted by atomic mass is 16.2. The quantitative estimate of drug-likeness (QED) is 0.498. The molecule has 0 spiro atoms. The van der Waals surface area contributed by atoms with Gasteiger partial charge in [-0.1, -0.05) is 57.0 Å². The van der Waals surface area contributed by atoms with Gasteiger partial charge in [-0.3, -0.25) is 14.5 Å². The third kappa shape index (κ3) is 4.84. The van der Waals surface area contributed by atoms with Gasteiger partial charge in [0.05, 0.1) is 0 Å². The Hall–Kier alpha value is -2.37. The Kier molecular flexibility index (Phi) is 7.18. The highest BCUT2D eigenvalue weighted by molar-refractivity contribution is 6.09. The van der Waals surface area contributed by atoms with Crippen molar-refractivity contribution in [1.29, 1.82) is 0 Å². The van der Waals surface area contributed by atoms with Gasteiger partial charge in [0.15, 0.2) is 0 Å². The van der Waals surface area contributed by atoms with Gasteiger partial charge in [-0.2, -0.15) is 0 Å². The highest BCUT2D eigenvalue weighted by Crippen LogP contribution is 2.27. The standard InChI is InChI=1S/C20H29N3O3/c1-3-12-20(13-4-2)18(25)23(19(26)22-20)15-17(24)21-14-8-11-16-9-6-5-7-10-16/h5-7,9-10H,3-4,8,11-15H2,1-2H3,(H,21,24)(H,22,26). The number of imide groups is 1. The molecule has 1 aliphatic heterocycles. The van der Waals surface area contributed by atoms with Gasteiger partial charge >= 0.3 is 6.03 Å². The summed E-state index contributed by atoms with van der Waals surface area (Å²) in [6.45, 7) is 4.27. The summed E-state index contributed by atoms with van der Waals surface area (Å²) in [6, 6.07) is 9.60. The van der Waals surface area contributed by atoms with E-state index in [2.05, 4.69) is 22.8 Å². The van der Waals surface area contributed by atoms with Crippen LogP contribution in [-0.2, 0) is 16.0 Å². The normalized spacial score (nSPS) is 15.8. The largest absolute Gasteiger partial charge is 0.355 e. The molecular weight excluding hydrogens is 330 g/mol. The summed E-state index contributed by atoms with van der Waals surface area (Å²) < 4.78 is 0. The molecule has 0 atom stereocenters. The molecule has 1 heterocycles. The third-order valence-corrected chi connectivity index (χ3v) is 4.71. The number of aryl methyl sites for hydroxylation is 1. The van der Waals surface area contributed by atoms with Crippen LogP contribution >= 0.6 is 0 Å². The summed E-state index contributed by atoms with van der Waals surface area (Å²) in [5.41, 5.74) is 0.383. The van der Waals surface area contributed by atoms with Gasteiger partial charge in [0.1, 0.15) is 12.1 Å². The summed E-state index contributed by atoms with van der Waals surface area (Å²) in [7, 11) is 0. The van der Waals surface area contributed by atoms with E-state index in [-0.39, 0.29) is 18.4 Å². The number of benzene rings is 1. The predicted octanol–water partition coefficient (Wildman–Crippen LogP) is 2.63.